The Morgan fingerprint density at radius 2 is 2.26 bits per heavy atom. The number of carbonyl (C=O) groups excluding carboxylic acids is 1. The summed E-state index contributed by atoms with van der Waals surface area (Å²) in [6.45, 7) is 1.42. The zero-order valence-electron chi connectivity index (χ0n) is 9.52. The molecule has 2 heterocycles. The minimum absolute atomic E-state index is 0.0628. The number of carbonyl (C=O) groups is 1. The fourth-order valence-corrected chi connectivity index (χ4v) is 1.82. The number of alkyl halides is 3. The Labute approximate surface area is 109 Å². The van der Waals surface area contributed by atoms with Gasteiger partial charge in [-0.3, -0.25) is 4.98 Å². The standard InChI is InChI=1S/C10H7F3N2O3S/c1-2-17-9(16)6-7(10(11,12)13)15-8(18-6)5-3-14-4-19-5/h3-4H,2H2,1H3. The molecule has 2 rings (SSSR count). The maximum absolute atomic E-state index is 12.8. The fourth-order valence-electron chi connectivity index (χ4n) is 1.27. The Kier molecular flexibility index (Phi) is 3.56. The van der Waals surface area contributed by atoms with E-state index in [0.717, 1.165) is 11.3 Å². The Hall–Kier alpha value is -1.90. The molecule has 0 radical (unpaired) electrons. The summed E-state index contributed by atoms with van der Waals surface area (Å²) in [5, 5.41) is 0. The van der Waals surface area contributed by atoms with Crippen LogP contribution in [-0.2, 0) is 10.9 Å². The van der Waals surface area contributed by atoms with E-state index in [-0.39, 0.29) is 12.5 Å². The third-order valence-electron chi connectivity index (χ3n) is 2.00. The second-order valence-electron chi connectivity index (χ2n) is 3.28. The number of nitrogens with zero attached hydrogens (tertiary/aromatic N) is 2. The molecule has 2 aromatic rings. The summed E-state index contributed by atoms with van der Waals surface area (Å²) >= 11 is 1.05. The summed E-state index contributed by atoms with van der Waals surface area (Å²) in [4.78, 5) is 18.7. The van der Waals surface area contributed by atoms with E-state index in [1.165, 1.54) is 18.6 Å². The van der Waals surface area contributed by atoms with Crippen LogP contribution >= 0.6 is 11.3 Å². The maximum atomic E-state index is 12.8. The summed E-state index contributed by atoms with van der Waals surface area (Å²) in [5.74, 6) is -2.45. The van der Waals surface area contributed by atoms with Crippen LogP contribution < -0.4 is 0 Å². The third kappa shape index (κ3) is 2.75. The van der Waals surface area contributed by atoms with Crippen LogP contribution in [0.4, 0.5) is 13.2 Å². The number of hydrogen-bond donors (Lipinski definition) is 0. The van der Waals surface area contributed by atoms with Crippen LogP contribution in [0.15, 0.2) is 16.1 Å². The van der Waals surface area contributed by atoms with Gasteiger partial charge in [0, 0.05) is 0 Å². The van der Waals surface area contributed by atoms with Crippen LogP contribution in [0.25, 0.3) is 10.8 Å². The number of hydrogen-bond acceptors (Lipinski definition) is 6. The van der Waals surface area contributed by atoms with Crippen LogP contribution in [0.1, 0.15) is 23.2 Å². The normalized spacial score (nSPS) is 11.6. The van der Waals surface area contributed by atoms with E-state index in [9.17, 15) is 18.0 Å². The second kappa shape index (κ2) is 5.00. The largest absolute Gasteiger partial charge is 0.460 e. The number of ether oxygens (including phenoxy) is 1. The van der Waals surface area contributed by atoms with E-state index in [1.54, 1.807) is 0 Å². The summed E-state index contributed by atoms with van der Waals surface area (Å²) in [7, 11) is 0. The molecule has 0 saturated heterocycles. The summed E-state index contributed by atoms with van der Waals surface area (Å²) < 4.78 is 47.7. The molecule has 9 heteroatoms. The molecule has 0 fully saturated rings. The first kappa shape index (κ1) is 13.5. The van der Waals surface area contributed by atoms with Crippen molar-refractivity contribution in [2.24, 2.45) is 0 Å². The van der Waals surface area contributed by atoms with Gasteiger partial charge in [-0.05, 0) is 6.92 Å². The van der Waals surface area contributed by atoms with Crippen molar-refractivity contribution in [3.05, 3.63) is 23.2 Å². The first-order valence-electron chi connectivity index (χ1n) is 5.07. The summed E-state index contributed by atoms with van der Waals surface area (Å²) in [6, 6.07) is 0. The minimum atomic E-state index is -4.80. The van der Waals surface area contributed by atoms with Gasteiger partial charge in [-0.15, -0.1) is 11.3 Å². The molecule has 0 aromatic carbocycles. The van der Waals surface area contributed by atoms with Crippen molar-refractivity contribution in [2.75, 3.05) is 6.61 Å². The minimum Gasteiger partial charge on any atom is -0.460 e. The van der Waals surface area contributed by atoms with E-state index in [0.29, 0.717) is 4.88 Å². The molecule has 0 N–H and O–H groups in total. The third-order valence-corrected chi connectivity index (χ3v) is 2.76. The van der Waals surface area contributed by atoms with E-state index < -0.39 is 23.6 Å². The fraction of sp³-hybridized carbons (Fsp3) is 0.300. The average Bonchev–Trinajstić information content (AvgIpc) is 2.97. The van der Waals surface area contributed by atoms with Gasteiger partial charge in [0.2, 0.25) is 11.7 Å². The van der Waals surface area contributed by atoms with E-state index in [1.807, 2.05) is 0 Å². The van der Waals surface area contributed by atoms with Crippen LogP contribution in [0.2, 0.25) is 0 Å². The number of halogens is 3. The van der Waals surface area contributed by atoms with Crippen molar-refractivity contribution in [3.63, 3.8) is 0 Å². The highest BCUT2D eigenvalue weighted by atomic mass is 32.1. The highest BCUT2D eigenvalue weighted by molar-refractivity contribution is 7.13. The lowest BCUT2D eigenvalue weighted by atomic mass is 10.3. The zero-order chi connectivity index (χ0) is 14.0. The first-order chi connectivity index (χ1) is 8.93. The SMILES string of the molecule is CCOC(=O)c1oc(-c2cncs2)nc1C(F)(F)F. The number of oxazole rings is 1. The molecular formula is C10H7F3N2O3S. The Morgan fingerprint density at radius 3 is 2.79 bits per heavy atom. The van der Waals surface area contributed by atoms with Gasteiger partial charge in [-0.1, -0.05) is 0 Å². The molecule has 0 atom stereocenters. The molecule has 0 bridgehead atoms. The Morgan fingerprint density at radius 1 is 1.53 bits per heavy atom. The van der Waals surface area contributed by atoms with Gasteiger partial charge in [0.15, 0.2) is 5.69 Å². The van der Waals surface area contributed by atoms with E-state index in [2.05, 4.69) is 14.7 Å². The van der Waals surface area contributed by atoms with Crippen molar-refractivity contribution >= 4 is 17.3 Å². The first-order valence-corrected chi connectivity index (χ1v) is 5.95. The van der Waals surface area contributed by atoms with Crippen LogP contribution in [0.5, 0.6) is 0 Å². The smallest absolute Gasteiger partial charge is 0.437 e. The van der Waals surface area contributed by atoms with Crippen molar-refractivity contribution in [1.29, 1.82) is 0 Å². The van der Waals surface area contributed by atoms with E-state index in [4.69, 9.17) is 4.42 Å². The number of thiazole rings is 1. The molecule has 102 valence electrons. The zero-order valence-corrected chi connectivity index (χ0v) is 10.3. The van der Waals surface area contributed by atoms with Gasteiger partial charge in [0.05, 0.1) is 18.3 Å². The van der Waals surface area contributed by atoms with E-state index >= 15 is 0 Å². The predicted molar refractivity (Wildman–Crippen MR) is 58.6 cm³/mol. The predicted octanol–water partition coefficient (Wildman–Crippen LogP) is 2.99. The Bertz CT molecular complexity index is 577. The lowest BCUT2D eigenvalue weighted by Crippen LogP contribution is -2.14. The lowest BCUT2D eigenvalue weighted by molar-refractivity contribution is -0.141. The monoisotopic (exact) mass is 292 g/mol. The molecule has 0 aliphatic carbocycles. The van der Waals surface area contributed by atoms with Gasteiger partial charge in [-0.2, -0.15) is 13.2 Å². The van der Waals surface area contributed by atoms with Gasteiger partial charge < -0.3 is 9.15 Å². The molecule has 0 saturated carbocycles. The van der Waals surface area contributed by atoms with Gasteiger partial charge in [0.25, 0.3) is 0 Å². The number of aromatic nitrogens is 2. The number of esters is 1. The number of rotatable bonds is 3. The maximum Gasteiger partial charge on any atom is 0.437 e. The summed E-state index contributed by atoms with van der Waals surface area (Å²) in [6.07, 6.45) is -3.50. The molecule has 0 aliphatic heterocycles. The van der Waals surface area contributed by atoms with Gasteiger partial charge >= 0.3 is 12.1 Å². The lowest BCUT2D eigenvalue weighted by Gasteiger charge is -2.03. The molecule has 5 nitrogen and oxygen atoms in total. The highest BCUT2D eigenvalue weighted by Crippen LogP contribution is 2.35. The molecule has 0 spiro atoms. The van der Waals surface area contributed by atoms with Crippen LogP contribution in [0, 0.1) is 0 Å². The van der Waals surface area contributed by atoms with Crippen molar-refractivity contribution in [3.8, 4) is 10.8 Å². The molecule has 0 aliphatic rings. The quantitative estimate of drug-likeness (QED) is 0.814. The van der Waals surface area contributed by atoms with Gasteiger partial charge in [0.1, 0.15) is 4.88 Å². The average molecular weight is 292 g/mol. The van der Waals surface area contributed by atoms with Crippen LogP contribution in [0.3, 0.4) is 0 Å². The molecule has 19 heavy (non-hydrogen) atoms. The van der Waals surface area contributed by atoms with Crippen molar-refractivity contribution in [2.45, 2.75) is 13.1 Å². The van der Waals surface area contributed by atoms with Crippen molar-refractivity contribution < 1.29 is 27.1 Å². The second-order valence-corrected chi connectivity index (χ2v) is 4.17. The molecule has 0 unspecified atom stereocenters. The highest BCUT2D eigenvalue weighted by Gasteiger charge is 2.42. The molecule has 0 amide bonds. The topological polar surface area (TPSA) is 65.2 Å². The summed E-state index contributed by atoms with van der Waals surface area (Å²) in [5.41, 5.74) is 0.0194. The Balaban J connectivity index is 2.49. The van der Waals surface area contributed by atoms with Gasteiger partial charge in [-0.25, -0.2) is 9.78 Å². The van der Waals surface area contributed by atoms with Crippen LogP contribution in [-0.4, -0.2) is 22.5 Å². The molecular weight excluding hydrogens is 285 g/mol. The van der Waals surface area contributed by atoms with Crippen molar-refractivity contribution in [1.82, 2.24) is 9.97 Å². The molecule has 2 aromatic heterocycles.